The molecular formula is C22H23ClN4O3S2. The Morgan fingerprint density at radius 1 is 1.31 bits per heavy atom. The number of benzene rings is 1. The van der Waals surface area contributed by atoms with Crippen LogP contribution in [-0.4, -0.2) is 27.1 Å². The molecule has 3 N–H and O–H groups in total. The van der Waals surface area contributed by atoms with Crippen LogP contribution in [0.5, 0.6) is 0 Å². The Morgan fingerprint density at radius 3 is 2.78 bits per heavy atom. The molecule has 0 atom stereocenters. The van der Waals surface area contributed by atoms with E-state index >= 15 is 0 Å². The molecule has 1 aliphatic rings. The van der Waals surface area contributed by atoms with Gasteiger partial charge in [0.1, 0.15) is 5.00 Å². The summed E-state index contributed by atoms with van der Waals surface area (Å²) in [5, 5.41) is 4.77. The van der Waals surface area contributed by atoms with Gasteiger partial charge in [0.05, 0.1) is 22.2 Å². The number of thiophene rings is 1. The van der Waals surface area contributed by atoms with Gasteiger partial charge in [-0.2, -0.15) is 0 Å². The highest BCUT2D eigenvalue weighted by atomic mass is 35.5. The van der Waals surface area contributed by atoms with E-state index < -0.39 is 5.91 Å². The van der Waals surface area contributed by atoms with Crippen LogP contribution in [0.4, 0.5) is 5.00 Å². The number of anilines is 1. The van der Waals surface area contributed by atoms with E-state index in [1.807, 2.05) is 13.8 Å². The molecule has 10 heteroatoms. The van der Waals surface area contributed by atoms with Crippen LogP contribution in [0.1, 0.15) is 53.5 Å². The molecule has 0 spiro atoms. The van der Waals surface area contributed by atoms with Gasteiger partial charge in [0, 0.05) is 15.9 Å². The molecule has 0 fully saturated rings. The Balaban J connectivity index is 1.58. The number of amides is 2. The van der Waals surface area contributed by atoms with Crippen LogP contribution >= 0.6 is 34.7 Å². The van der Waals surface area contributed by atoms with Crippen molar-refractivity contribution in [2.45, 2.75) is 50.7 Å². The number of halogens is 1. The van der Waals surface area contributed by atoms with Crippen molar-refractivity contribution in [1.29, 1.82) is 0 Å². The van der Waals surface area contributed by atoms with E-state index in [2.05, 4.69) is 10.3 Å². The predicted octanol–water partition coefficient (Wildman–Crippen LogP) is 4.40. The van der Waals surface area contributed by atoms with Crippen molar-refractivity contribution in [2.24, 2.45) is 5.73 Å². The van der Waals surface area contributed by atoms with E-state index in [0.717, 1.165) is 36.1 Å². The largest absolute Gasteiger partial charge is 0.365 e. The molecule has 4 rings (SSSR count). The minimum atomic E-state index is -0.519. The van der Waals surface area contributed by atoms with Gasteiger partial charge in [-0.05, 0) is 63.3 Å². The third kappa shape index (κ3) is 4.42. The summed E-state index contributed by atoms with van der Waals surface area (Å²) in [4.78, 5) is 43.5. The number of rotatable bonds is 6. The highest BCUT2D eigenvalue weighted by molar-refractivity contribution is 7.99. The molecule has 168 valence electrons. The zero-order valence-corrected chi connectivity index (χ0v) is 20.1. The van der Waals surface area contributed by atoms with Crippen LogP contribution in [0.25, 0.3) is 10.9 Å². The molecule has 3 aromatic rings. The van der Waals surface area contributed by atoms with Crippen LogP contribution in [0.15, 0.2) is 28.2 Å². The Bertz CT molecular complexity index is 1280. The predicted molar refractivity (Wildman–Crippen MR) is 130 cm³/mol. The second kappa shape index (κ2) is 9.25. The van der Waals surface area contributed by atoms with Crippen LogP contribution in [0.3, 0.4) is 0 Å². The van der Waals surface area contributed by atoms with Gasteiger partial charge >= 0.3 is 0 Å². The highest BCUT2D eigenvalue weighted by Crippen LogP contribution is 2.38. The SMILES string of the molecule is CC(C)n1c(SCC(=O)Nc2sc3c(c2C(N)=O)CCCC3)nc2cc(Cl)ccc2c1=O. The van der Waals surface area contributed by atoms with Crippen molar-refractivity contribution in [3.63, 3.8) is 0 Å². The normalized spacial score (nSPS) is 13.4. The lowest BCUT2D eigenvalue weighted by Crippen LogP contribution is -2.26. The summed E-state index contributed by atoms with van der Waals surface area (Å²) in [7, 11) is 0. The second-order valence-corrected chi connectivity index (χ2v) is 10.4. The maximum Gasteiger partial charge on any atom is 0.262 e. The van der Waals surface area contributed by atoms with E-state index in [1.54, 1.807) is 22.8 Å². The van der Waals surface area contributed by atoms with Crippen LogP contribution in [-0.2, 0) is 17.6 Å². The maximum atomic E-state index is 13.0. The average Bonchev–Trinajstić information content (AvgIpc) is 3.09. The zero-order valence-electron chi connectivity index (χ0n) is 17.7. The molecule has 2 amide bonds. The van der Waals surface area contributed by atoms with Crippen molar-refractivity contribution in [3.05, 3.63) is 49.6 Å². The number of nitrogens with zero attached hydrogens (tertiary/aromatic N) is 2. The molecule has 0 radical (unpaired) electrons. The molecular weight excluding hydrogens is 468 g/mol. The van der Waals surface area contributed by atoms with Crippen molar-refractivity contribution in [1.82, 2.24) is 9.55 Å². The summed E-state index contributed by atoms with van der Waals surface area (Å²) in [6.07, 6.45) is 3.78. The number of nitrogens with one attached hydrogen (secondary N) is 1. The van der Waals surface area contributed by atoms with Crippen LogP contribution < -0.4 is 16.6 Å². The number of thioether (sulfide) groups is 1. The highest BCUT2D eigenvalue weighted by Gasteiger charge is 2.25. The molecule has 0 unspecified atom stereocenters. The number of aromatic nitrogens is 2. The molecule has 1 aliphatic carbocycles. The quantitative estimate of drug-likeness (QED) is 0.393. The summed E-state index contributed by atoms with van der Waals surface area (Å²) in [5.41, 5.74) is 7.33. The Hall–Kier alpha value is -2.36. The maximum absolute atomic E-state index is 13.0. The van der Waals surface area contributed by atoms with Gasteiger partial charge in [-0.15, -0.1) is 11.3 Å². The van der Waals surface area contributed by atoms with Gasteiger partial charge in [0.2, 0.25) is 5.91 Å². The van der Waals surface area contributed by atoms with E-state index in [1.165, 1.54) is 23.1 Å². The number of primary amides is 1. The summed E-state index contributed by atoms with van der Waals surface area (Å²) in [6.45, 7) is 3.79. The smallest absolute Gasteiger partial charge is 0.262 e. The molecule has 32 heavy (non-hydrogen) atoms. The minimum Gasteiger partial charge on any atom is -0.365 e. The third-order valence-electron chi connectivity index (χ3n) is 5.35. The number of carbonyl (C=O) groups is 2. The van der Waals surface area contributed by atoms with Gasteiger partial charge in [0.25, 0.3) is 11.5 Å². The van der Waals surface area contributed by atoms with Gasteiger partial charge in [-0.25, -0.2) is 4.98 Å². The van der Waals surface area contributed by atoms with Gasteiger partial charge < -0.3 is 11.1 Å². The summed E-state index contributed by atoms with van der Waals surface area (Å²) >= 11 is 8.67. The van der Waals surface area contributed by atoms with E-state index in [4.69, 9.17) is 17.3 Å². The molecule has 0 aliphatic heterocycles. The van der Waals surface area contributed by atoms with Gasteiger partial charge in [0.15, 0.2) is 5.16 Å². The van der Waals surface area contributed by atoms with E-state index in [0.29, 0.717) is 31.6 Å². The standard InChI is InChI=1S/C22H23ClN4O3S2/c1-11(2)27-21(30)13-8-7-12(23)9-15(13)25-22(27)31-10-17(28)26-20-18(19(24)29)14-5-3-4-6-16(14)32-20/h7-9,11H,3-6,10H2,1-2H3,(H2,24,29)(H,26,28). The number of carbonyl (C=O) groups excluding carboxylic acids is 2. The minimum absolute atomic E-state index is 0.0337. The lowest BCUT2D eigenvalue weighted by molar-refractivity contribution is -0.113. The van der Waals surface area contributed by atoms with Gasteiger partial charge in [-0.1, -0.05) is 23.4 Å². The fourth-order valence-electron chi connectivity index (χ4n) is 3.92. The Morgan fingerprint density at radius 2 is 2.06 bits per heavy atom. The fourth-order valence-corrected chi connectivity index (χ4v) is 6.32. The van der Waals surface area contributed by atoms with Crippen molar-refractivity contribution in [3.8, 4) is 0 Å². The Labute approximate surface area is 198 Å². The first kappa shape index (κ1) is 22.8. The molecule has 2 heterocycles. The second-order valence-electron chi connectivity index (χ2n) is 7.94. The van der Waals surface area contributed by atoms with Crippen molar-refractivity contribution >= 4 is 62.4 Å². The number of nitrogens with two attached hydrogens (primary N) is 1. The lowest BCUT2D eigenvalue weighted by atomic mass is 9.95. The van der Waals surface area contributed by atoms with E-state index in [-0.39, 0.29) is 23.3 Å². The molecule has 1 aromatic carbocycles. The first-order chi connectivity index (χ1) is 15.3. The van der Waals surface area contributed by atoms with E-state index in [9.17, 15) is 14.4 Å². The molecule has 0 bridgehead atoms. The molecule has 0 saturated heterocycles. The fraction of sp³-hybridized carbons (Fsp3) is 0.364. The monoisotopic (exact) mass is 490 g/mol. The molecule has 2 aromatic heterocycles. The number of hydrogen-bond acceptors (Lipinski definition) is 6. The first-order valence-electron chi connectivity index (χ1n) is 10.3. The zero-order chi connectivity index (χ0) is 23.0. The van der Waals surface area contributed by atoms with Crippen LogP contribution in [0, 0.1) is 0 Å². The topological polar surface area (TPSA) is 107 Å². The lowest BCUT2D eigenvalue weighted by Gasteiger charge is -2.16. The number of aryl methyl sites for hydroxylation is 1. The summed E-state index contributed by atoms with van der Waals surface area (Å²) < 4.78 is 1.58. The average molecular weight is 491 g/mol. The van der Waals surface area contributed by atoms with Crippen molar-refractivity contribution < 1.29 is 9.59 Å². The number of hydrogen-bond donors (Lipinski definition) is 2. The summed E-state index contributed by atoms with van der Waals surface area (Å²) in [5.74, 6) is -0.771. The van der Waals surface area contributed by atoms with Gasteiger partial charge in [-0.3, -0.25) is 19.0 Å². The first-order valence-corrected chi connectivity index (χ1v) is 12.5. The number of fused-ring (bicyclic) bond motifs is 2. The molecule has 7 nitrogen and oxygen atoms in total. The summed E-state index contributed by atoms with van der Waals surface area (Å²) in [6, 6.07) is 4.83. The van der Waals surface area contributed by atoms with Crippen molar-refractivity contribution in [2.75, 3.05) is 11.1 Å². The van der Waals surface area contributed by atoms with Crippen LogP contribution in [0.2, 0.25) is 5.02 Å². The third-order valence-corrected chi connectivity index (χ3v) is 7.75. The molecule has 0 saturated carbocycles. The Kier molecular flexibility index (Phi) is 6.60.